The number of anilines is 3. The summed E-state index contributed by atoms with van der Waals surface area (Å²) >= 11 is 0. The van der Waals surface area contributed by atoms with Gasteiger partial charge in [-0.2, -0.15) is 0 Å². The summed E-state index contributed by atoms with van der Waals surface area (Å²) in [7, 11) is 0. The molecule has 2 heteroatoms. The van der Waals surface area contributed by atoms with Gasteiger partial charge in [0.2, 0.25) is 6.71 Å². The van der Waals surface area contributed by atoms with Crippen molar-refractivity contribution in [3.05, 3.63) is 209 Å². The van der Waals surface area contributed by atoms with Crippen LogP contribution in [0.4, 0.5) is 17.1 Å². The molecule has 1 aliphatic carbocycles. The highest BCUT2D eigenvalue weighted by Crippen LogP contribution is 2.50. The van der Waals surface area contributed by atoms with E-state index in [1.54, 1.807) is 0 Å². The minimum Gasteiger partial charge on any atom is -0.311 e. The molecule has 1 nitrogen and oxygen atoms in total. The van der Waals surface area contributed by atoms with Crippen molar-refractivity contribution in [2.75, 3.05) is 4.90 Å². The first-order chi connectivity index (χ1) is 32.0. The molecule has 0 bridgehead atoms. The average Bonchev–Trinajstić information content (AvgIpc) is 3.34. The Morgan fingerprint density at radius 2 is 1.06 bits per heavy atom. The fourth-order valence-corrected chi connectivity index (χ4v) is 11.2. The van der Waals surface area contributed by atoms with E-state index in [4.69, 9.17) is 0 Å². The first kappa shape index (κ1) is 43.5. The molecule has 0 aromatic heterocycles. The van der Waals surface area contributed by atoms with Gasteiger partial charge in [0.25, 0.3) is 0 Å². The standard InChI is InChI=1S/C64H64BN/c1-8-9-13-21-46-39-55(54-32-30-51(48-25-16-11-17-26-48)41-53(54)38-45-22-20-29-50(37-45)47-23-14-10-15-24-47)62-61(40-46)66(59-33-31-52(42-58(59)65(62)7)49-27-18-12-19-28-49)60-43-57-56(36-44(60)2)63(3,4)34-35-64(57,5)6/h10-12,14-20,22-33,36-37,39-43H,8-9,13,21,34-35,38H2,1-7H3. The fourth-order valence-electron chi connectivity index (χ4n) is 11.2. The Morgan fingerprint density at radius 3 is 1.70 bits per heavy atom. The van der Waals surface area contributed by atoms with Gasteiger partial charge in [0.15, 0.2) is 0 Å². The first-order valence-electron chi connectivity index (χ1n) is 24.6. The molecule has 0 saturated heterocycles. The van der Waals surface area contributed by atoms with Gasteiger partial charge in [-0.1, -0.05) is 217 Å². The summed E-state index contributed by atoms with van der Waals surface area (Å²) < 4.78 is 0. The maximum Gasteiger partial charge on any atom is 0.212 e. The molecule has 66 heavy (non-hydrogen) atoms. The maximum absolute atomic E-state index is 2.68. The van der Waals surface area contributed by atoms with E-state index in [1.807, 2.05) is 0 Å². The van der Waals surface area contributed by atoms with E-state index in [-0.39, 0.29) is 17.5 Å². The molecule has 1 aliphatic heterocycles. The SMILES string of the molecule is CCCCCc1cc(-c2ccc(-c3ccccc3)cc2Cc2cccc(-c3ccccc3)c2)c2c(c1)N(c1cc3c(cc1C)C(C)(C)CCC3(C)C)c1ccc(-c3ccccc3)cc1B2C. The van der Waals surface area contributed by atoms with E-state index in [2.05, 4.69) is 229 Å². The summed E-state index contributed by atoms with van der Waals surface area (Å²) in [5, 5.41) is 0. The van der Waals surface area contributed by atoms with Crippen LogP contribution in [0.5, 0.6) is 0 Å². The molecule has 8 aromatic rings. The molecule has 8 aromatic carbocycles. The smallest absolute Gasteiger partial charge is 0.212 e. The van der Waals surface area contributed by atoms with E-state index in [0.717, 1.165) is 12.8 Å². The number of hydrogen-bond acceptors (Lipinski definition) is 1. The highest BCUT2D eigenvalue weighted by Gasteiger charge is 2.40. The van der Waals surface area contributed by atoms with E-state index in [9.17, 15) is 0 Å². The van der Waals surface area contributed by atoms with E-state index in [0.29, 0.717) is 0 Å². The first-order valence-corrected chi connectivity index (χ1v) is 24.6. The molecular weight excluding hydrogens is 794 g/mol. The summed E-state index contributed by atoms with van der Waals surface area (Å²) in [6.07, 6.45) is 7.86. The van der Waals surface area contributed by atoms with Crippen molar-refractivity contribution in [3.63, 3.8) is 0 Å². The Hall–Kier alpha value is -6.38. The Bertz CT molecular complexity index is 3030. The van der Waals surface area contributed by atoms with Crippen LogP contribution >= 0.6 is 0 Å². The predicted molar refractivity (Wildman–Crippen MR) is 286 cm³/mol. The Labute approximate surface area is 395 Å². The quantitative estimate of drug-likeness (QED) is 0.0925. The van der Waals surface area contributed by atoms with Crippen LogP contribution in [0.1, 0.15) is 100 Å². The zero-order valence-electron chi connectivity index (χ0n) is 40.2. The molecule has 1 heterocycles. The Balaban J connectivity index is 1.23. The number of fused-ring (bicyclic) bond motifs is 3. The third-order valence-electron chi connectivity index (χ3n) is 15.1. The topological polar surface area (TPSA) is 3.24 Å². The molecule has 0 unspecified atom stereocenters. The summed E-state index contributed by atoms with van der Waals surface area (Å²) in [5.41, 5.74) is 25.6. The van der Waals surface area contributed by atoms with Gasteiger partial charge in [-0.25, -0.2) is 0 Å². The zero-order chi connectivity index (χ0) is 45.6. The van der Waals surface area contributed by atoms with Crippen LogP contribution < -0.4 is 15.8 Å². The normalized spacial score (nSPS) is 14.7. The average molecular weight is 858 g/mol. The molecule has 0 fully saturated rings. The number of rotatable bonds is 11. The lowest BCUT2D eigenvalue weighted by Gasteiger charge is -2.44. The number of benzene rings is 8. The van der Waals surface area contributed by atoms with Crippen molar-refractivity contribution < 1.29 is 0 Å². The lowest BCUT2D eigenvalue weighted by atomic mass is 9.39. The van der Waals surface area contributed by atoms with Crippen LogP contribution in [0.3, 0.4) is 0 Å². The van der Waals surface area contributed by atoms with Crippen LogP contribution in [-0.2, 0) is 23.7 Å². The van der Waals surface area contributed by atoms with E-state index >= 15 is 0 Å². The Morgan fingerprint density at radius 1 is 0.485 bits per heavy atom. The molecule has 0 spiro atoms. The summed E-state index contributed by atoms with van der Waals surface area (Å²) in [5.74, 6) is 0. The van der Waals surface area contributed by atoms with E-state index < -0.39 is 0 Å². The molecule has 0 amide bonds. The van der Waals surface area contributed by atoms with Gasteiger partial charge in [0.05, 0.1) is 0 Å². The zero-order valence-corrected chi connectivity index (χ0v) is 40.2. The van der Waals surface area contributed by atoms with Gasteiger partial charge in [-0.3, -0.25) is 0 Å². The van der Waals surface area contributed by atoms with Crippen LogP contribution in [0, 0.1) is 6.92 Å². The minimum absolute atomic E-state index is 0.0829. The van der Waals surface area contributed by atoms with Crippen LogP contribution in [0.2, 0.25) is 6.82 Å². The molecule has 2 aliphatic rings. The molecule has 10 rings (SSSR count). The van der Waals surface area contributed by atoms with Gasteiger partial charge in [-0.15, -0.1) is 0 Å². The van der Waals surface area contributed by atoms with Gasteiger partial charge in [-0.05, 0) is 151 Å². The van der Waals surface area contributed by atoms with E-state index in [1.165, 1.54) is 138 Å². The second-order valence-corrected chi connectivity index (χ2v) is 20.7. The van der Waals surface area contributed by atoms with Crippen molar-refractivity contribution in [1.82, 2.24) is 0 Å². The molecule has 0 atom stereocenters. The highest BCUT2D eigenvalue weighted by molar-refractivity contribution is 6.88. The van der Waals surface area contributed by atoms with Crippen LogP contribution in [0.25, 0.3) is 44.5 Å². The van der Waals surface area contributed by atoms with Gasteiger partial charge >= 0.3 is 0 Å². The molecule has 0 radical (unpaired) electrons. The summed E-state index contributed by atoms with van der Waals surface area (Å²) in [6, 6.07) is 66.8. The van der Waals surface area contributed by atoms with Crippen LogP contribution in [-0.4, -0.2) is 6.71 Å². The van der Waals surface area contributed by atoms with Crippen molar-refractivity contribution in [2.45, 2.75) is 104 Å². The van der Waals surface area contributed by atoms with Crippen LogP contribution in [0.15, 0.2) is 176 Å². The summed E-state index contributed by atoms with van der Waals surface area (Å²) in [4.78, 5) is 2.68. The van der Waals surface area contributed by atoms with Gasteiger partial charge in [0, 0.05) is 17.1 Å². The molecule has 328 valence electrons. The van der Waals surface area contributed by atoms with Crippen molar-refractivity contribution >= 4 is 34.7 Å². The lowest BCUT2D eigenvalue weighted by Crippen LogP contribution is -2.49. The highest BCUT2D eigenvalue weighted by atomic mass is 15.2. The maximum atomic E-state index is 2.68. The van der Waals surface area contributed by atoms with Crippen molar-refractivity contribution in [2.24, 2.45) is 0 Å². The number of aryl methyl sites for hydroxylation is 2. The number of unbranched alkanes of at least 4 members (excludes halogenated alkanes) is 2. The second-order valence-electron chi connectivity index (χ2n) is 20.7. The minimum atomic E-state index is 0.0829. The summed E-state index contributed by atoms with van der Waals surface area (Å²) in [6.45, 7) is 17.1. The lowest BCUT2D eigenvalue weighted by molar-refractivity contribution is 0.332. The monoisotopic (exact) mass is 858 g/mol. The number of hydrogen-bond donors (Lipinski definition) is 0. The fraction of sp³-hybridized carbons (Fsp3) is 0.250. The second kappa shape index (κ2) is 17.8. The number of nitrogens with zero attached hydrogens (tertiary/aromatic N) is 1. The predicted octanol–water partition coefficient (Wildman–Crippen LogP) is 16.4. The Kier molecular flexibility index (Phi) is 11.7. The third-order valence-corrected chi connectivity index (χ3v) is 15.1. The largest absolute Gasteiger partial charge is 0.311 e. The van der Waals surface area contributed by atoms with Crippen molar-refractivity contribution in [1.29, 1.82) is 0 Å². The molecule has 0 N–H and O–H groups in total. The molecular formula is C64H64BN. The van der Waals surface area contributed by atoms with Crippen molar-refractivity contribution in [3.8, 4) is 44.5 Å². The van der Waals surface area contributed by atoms with Gasteiger partial charge < -0.3 is 4.90 Å². The third kappa shape index (κ3) is 8.25. The van der Waals surface area contributed by atoms with Gasteiger partial charge in [0.1, 0.15) is 0 Å². The molecule has 0 saturated carbocycles.